The molecule has 0 saturated heterocycles. The van der Waals surface area contributed by atoms with Crippen molar-refractivity contribution in [2.45, 2.75) is 45.1 Å². The first-order chi connectivity index (χ1) is 7.63. The molecule has 0 heterocycles. The zero-order valence-corrected chi connectivity index (χ0v) is 9.81. The molecule has 0 aromatic heterocycles. The maximum atomic E-state index is 11.2. The largest absolute Gasteiger partial charge is 0.479 e. The van der Waals surface area contributed by atoms with Gasteiger partial charge in [-0.3, -0.25) is 9.63 Å². The summed E-state index contributed by atoms with van der Waals surface area (Å²) < 4.78 is 0. The Hall–Kier alpha value is -1.10. The Bertz CT molecular complexity index is 269. The molecular formula is C11H19NO4. The van der Waals surface area contributed by atoms with Gasteiger partial charge in [0.25, 0.3) is 0 Å². The second-order valence-electron chi connectivity index (χ2n) is 4.16. The van der Waals surface area contributed by atoms with Crippen molar-refractivity contribution in [3.63, 3.8) is 0 Å². The minimum Gasteiger partial charge on any atom is -0.479 e. The molecule has 1 rings (SSSR count). The number of hydrogen-bond donors (Lipinski definition) is 1. The summed E-state index contributed by atoms with van der Waals surface area (Å²) in [7, 11) is 0. The first-order valence-corrected chi connectivity index (χ1v) is 5.74. The third-order valence-corrected chi connectivity index (χ3v) is 3.15. The van der Waals surface area contributed by atoms with Gasteiger partial charge in [0.05, 0.1) is 6.61 Å². The third kappa shape index (κ3) is 2.19. The molecule has 1 saturated carbocycles. The van der Waals surface area contributed by atoms with Gasteiger partial charge in [0.15, 0.2) is 5.54 Å². The minimum absolute atomic E-state index is 0.0110. The van der Waals surface area contributed by atoms with Crippen LogP contribution in [0, 0.1) is 5.92 Å². The Morgan fingerprint density at radius 3 is 2.69 bits per heavy atom. The van der Waals surface area contributed by atoms with Crippen molar-refractivity contribution in [1.29, 1.82) is 0 Å². The van der Waals surface area contributed by atoms with Gasteiger partial charge in [0.1, 0.15) is 0 Å². The third-order valence-electron chi connectivity index (χ3n) is 3.15. The minimum atomic E-state index is -1.11. The fourth-order valence-electron chi connectivity index (χ4n) is 1.97. The summed E-state index contributed by atoms with van der Waals surface area (Å²) in [4.78, 5) is 27.3. The van der Waals surface area contributed by atoms with Crippen molar-refractivity contribution in [3.05, 3.63) is 0 Å². The van der Waals surface area contributed by atoms with Crippen LogP contribution in [-0.4, -0.2) is 34.7 Å². The summed E-state index contributed by atoms with van der Waals surface area (Å²) in [6, 6.07) is 0. The average molecular weight is 229 g/mol. The molecule has 0 radical (unpaired) electrons. The number of aliphatic carboxylic acids is 1. The van der Waals surface area contributed by atoms with E-state index in [-0.39, 0.29) is 5.92 Å². The number of carbonyl (C=O) groups is 2. The second-order valence-corrected chi connectivity index (χ2v) is 4.16. The monoisotopic (exact) mass is 229 g/mol. The highest BCUT2D eigenvalue weighted by Crippen LogP contribution is 2.50. The van der Waals surface area contributed by atoms with Crippen LogP contribution >= 0.6 is 0 Å². The number of carboxylic acid groups (broad SMARTS) is 1. The van der Waals surface area contributed by atoms with Crippen LogP contribution < -0.4 is 0 Å². The summed E-state index contributed by atoms with van der Waals surface area (Å²) in [5.74, 6) is -0.959. The van der Waals surface area contributed by atoms with E-state index in [1.807, 2.05) is 13.8 Å². The molecule has 5 heteroatoms. The number of amides is 1. The molecule has 5 nitrogen and oxygen atoms in total. The molecule has 1 fully saturated rings. The molecule has 0 spiro atoms. The summed E-state index contributed by atoms with van der Waals surface area (Å²) in [6.07, 6.45) is 3.48. The zero-order valence-electron chi connectivity index (χ0n) is 9.81. The van der Waals surface area contributed by atoms with E-state index in [0.717, 1.165) is 24.3 Å². The lowest BCUT2D eigenvalue weighted by molar-refractivity contribution is -0.204. The first-order valence-electron chi connectivity index (χ1n) is 5.74. The van der Waals surface area contributed by atoms with Gasteiger partial charge in [-0.05, 0) is 18.8 Å². The number of rotatable bonds is 8. The summed E-state index contributed by atoms with van der Waals surface area (Å²) in [5.41, 5.74) is -1.11. The fraction of sp³-hybridized carbons (Fsp3) is 0.818. The Balaban J connectivity index is 2.62. The number of unbranched alkanes of at least 4 members (excludes halogenated alkanes) is 1. The van der Waals surface area contributed by atoms with Gasteiger partial charge in [-0.1, -0.05) is 26.7 Å². The SMILES string of the molecule is CCCCON(C=O)C1(C(=O)O)CC1CC. The van der Waals surface area contributed by atoms with E-state index in [2.05, 4.69) is 0 Å². The fourth-order valence-corrected chi connectivity index (χ4v) is 1.97. The van der Waals surface area contributed by atoms with Crippen molar-refractivity contribution >= 4 is 12.4 Å². The quantitative estimate of drug-likeness (QED) is 0.388. The average Bonchev–Trinajstić information content (AvgIpc) is 3.00. The Labute approximate surface area is 95.3 Å². The molecule has 0 bridgehead atoms. The smallest absolute Gasteiger partial charge is 0.332 e. The molecule has 92 valence electrons. The molecule has 16 heavy (non-hydrogen) atoms. The van der Waals surface area contributed by atoms with Gasteiger partial charge in [-0.15, -0.1) is 0 Å². The second kappa shape index (κ2) is 5.30. The summed E-state index contributed by atoms with van der Waals surface area (Å²) in [6.45, 7) is 4.32. The number of carbonyl (C=O) groups excluding carboxylic acids is 1. The van der Waals surface area contributed by atoms with Crippen molar-refractivity contribution in [2.75, 3.05) is 6.61 Å². The Kier molecular flexibility index (Phi) is 4.29. The van der Waals surface area contributed by atoms with Crippen molar-refractivity contribution in [1.82, 2.24) is 5.06 Å². The Morgan fingerprint density at radius 1 is 1.62 bits per heavy atom. The molecule has 2 atom stereocenters. The molecule has 1 aliphatic carbocycles. The van der Waals surface area contributed by atoms with E-state index in [1.54, 1.807) is 0 Å². The van der Waals surface area contributed by atoms with Crippen LogP contribution in [-0.2, 0) is 14.4 Å². The summed E-state index contributed by atoms with van der Waals surface area (Å²) in [5, 5.41) is 10.2. The standard InChI is InChI=1S/C11H19NO4/c1-3-5-6-16-12(8-13)11(10(14)15)7-9(11)4-2/h8-9H,3-7H2,1-2H3,(H,14,15). The van der Waals surface area contributed by atoms with Gasteiger partial charge >= 0.3 is 5.97 Å². The van der Waals surface area contributed by atoms with Crippen LogP contribution in [0.15, 0.2) is 0 Å². The van der Waals surface area contributed by atoms with E-state index in [0.29, 0.717) is 19.4 Å². The lowest BCUT2D eigenvalue weighted by atomic mass is 10.2. The number of hydroxylamine groups is 2. The van der Waals surface area contributed by atoms with Crippen molar-refractivity contribution in [3.8, 4) is 0 Å². The predicted molar refractivity (Wildman–Crippen MR) is 57.5 cm³/mol. The van der Waals surface area contributed by atoms with Crippen LogP contribution in [0.25, 0.3) is 0 Å². The Morgan fingerprint density at radius 2 is 2.31 bits per heavy atom. The van der Waals surface area contributed by atoms with Gasteiger partial charge in [0.2, 0.25) is 6.41 Å². The topological polar surface area (TPSA) is 66.8 Å². The molecule has 2 unspecified atom stereocenters. The number of hydrogen-bond acceptors (Lipinski definition) is 3. The molecular weight excluding hydrogens is 210 g/mol. The van der Waals surface area contributed by atoms with E-state index >= 15 is 0 Å². The maximum absolute atomic E-state index is 11.2. The van der Waals surface area contributed by atoms with E-state index < -0.39 is 11.5 Å². The van der Waals surface area contributed by atoms with E-state index in [4.69, 9.17) is 4.84 Å². The van der Waals surface area contributed by atoms with Crippen LogP contribution in [0.5, 0.6) is 0 Å². The van der Waals surface area contributed by atoms with Gasteiger partial charge in [-0.25, -0.2) is 9.86 Å². The first kappa shape index (κ1) is 13.0. The van der Waals surface area contributed by atoms with Gasteiger partial charge in [-0.2, -0.15) is 0 Å². The zero-order chi connectivity index (χ0) is 12.2. The van der Waals surface area contributed by atoms with Gasteiger partial charge < -0.3 is 5.11 Å². The summed E-state index contributed by atoms with van der Waals surface area (Å²) >= 11 is 0. The molecule has 0 aromatic rings. The van der Waals surface area contributed by atoms with Crippen LogP contribution in [0.4, 0.5) is 0 Å². The van der Waals surface area contributed by atoms with Crippen LogP contribution in [0.3, 0.4) is 0 Å². The normalized spacial score (nSPS) is 27.5. The molecule has 0 aromatic carbocycles. The van der Waals surface area contributed by atoms with Crippen LogP contribution in [0.1, 0.15) is 39.5 Å². The van der Waals surface area contributed by atoms with Crippen molar-refractivity contribution < 1.29 is 19.5 Å². The van der Waals surface area contributed by atoms with E-state index in [9.17, 15) is 14.7 Å². The van der Waals surface area contributed by atoms with Gasteiger partial charge in [0, 0.05) is 0 Å². The number of carboxylic acids is 1. The van der Waals surface area contributed by atoms with E-state index in [1.165, 1.54) is 0 Å². The van der Waals surface area contributed by atoms with Crippen molar-refractivity contribution in [2.24, 2.45) is 5.92 Å². The molecule has 1 N–H and O–H groups in total. The predicted octanol–water partition coefficient (Wildman–Crippen LogP) is 1.43. The highest BCUT2D eigenvalue weighted by molar-refractivity contribution is 5.85. The lowest BCUT2D eigenvalue weighted by Gasteiger charge is -2.24. The highest BCUT2D eigenvalue weighted by Gasteiger charge is 2.64. The lowest BCUT2D eigenvalue weighted by Crippen LogP contribution is -2.44. The number of nitrogens with zero attached hydrogens (tertiary/aromatic N) is 1. The molecule has 1 aliphatic rings. The molecule has 1 amide bonds. The maximum Gasteiger partial charge on any atom is 0.332 e. The van der Waals surface area contributed by atoms with Crippen LogP contribution in [0.2, 0.25) is 0 Å². The molecule has 0 aliphatic heterocycles. The highest BCUT2D eigenvalue weighted by atomic mass is 16.7.